The van der Waals surface area contributed by atoms with Crippen LogP contribution in [0.2, 0.25) is 0 Å². The van der Waals surface area contributed by atoms with Crippen LogP contribution in [-0.4, -0.2) is 19.0 Å². The van der Waals surface area contributed by atoms with E-state index < -0.39 is 7.14 Å². The maximum atomic E-state index is 14.7. The van der Waals surface area contributed by atoms with Crippen LogP contribution in [-0.2, 0) is 11.0 Å². The molecule has 4 aromatic rings. The molecule has 0 saturated carbocycles. The van der Waals surface area contributed by atoms with E-state index in [1.165, 1.54) is 5.56 Å². The third-order valence-corrected chi connectivity index (χ3v) is 8.72. The summed E-state index contributed by atoms with van der Waals surface area (Å²) in [4.78, 5) is 4.98. The number of rotatable bonds is 8. The summed E-state index contributed by atoms with van der Waals surface area (Å²) in [6.45, 7) is 2.08. The van der Waals surface area contributed by atoms with Crippen LogP contribution in [0.15, 0.2) is 114 Å². The Kier molecular flexibility index (Phi) is 7.22. The van der Waals surface area contributed by atoms with Gasteiger partial charge in [0, 0.05) is 28.9 Å². The van der Waals surface area contributed by atoms with Crippen LogP contribution in [0.25, 0.3) is 0 Å². The topological polar surface area (TPSA) is 38.7 Å². The molecule has 0 spiro atoms. The van der Waals surface area contributed by atoms with Crippen LogP contribution < -0.4 is 15.3 Å². The monoisotopic (exact) mass is 453 g/mol. The van der Waals surface area contributed by atoms with Crippen molar-refractivity contribution >= 4 is 29.2 Å². The van der Waals surface area contributed by atoms with Crippen LogP contribution in [0.1, 0.15) is 11.1 Å². The van der Waals surface area contributed by atoms with Gasteiger partial charge >= 0.3 is 0 Å². The summed E-state index contributed by atoms with van der Waals surface area (Å²) in [5.41, 5.74) is 4.08. The fourth-order valence-corrected chi connectivity index (χ4v) is 6.51. The third-order valence-electron chi connectivity index (χ3n) is 5.64. The molecule has 166 valence electrons. The maximum Gasteiger partial charge on any atom is 0.148 e. The van der Waals surface area contributed by atoms with E-state index in [4.69, 9.17) is 9.73 Å². The summed E-state index contributed by atoms with van der Waals surface area (Å²) in [7, 11) is -1.28. The lowest BCUT2D eigenvalue weighted by Gasteiger charge is -2.21. The fourth-order valence-electron chi connectivity index (χ4n) is 3.84. The van der Waals surface area contributed by atoms with Crippen LogP contribution in [0.3, 0.4) is 0 Å². The van der Waals surface area contributed by atoms with E-state index in [9.17, 15) is 4.57 Å². The summed E-state index contributed by atoms with van der Waals surface area (Å²) < 4.78 is 19.9. The molecule has 0 unspecified atom stereocenters. The number of nitrogens with zero attached hydrogens (tertiary/aromatic N) is 1. The number of aliphatic imine (C=N–C) groups is 1. The van der Waals surface area contributed by atoms with Crippen molar-refractivity contribution in [1.82, 2.24) is 0 Å². The predicted octanol–water partition coefficient (Wildman–Crippen LogP) is 6.33. The van der Waals surface area contributed by atoms with Crippen molar-refractivity contribution in [3.63, 3.8) is 0 Å². The molecule has 4 aromatic carbocycles. The minimum Gasteiger partial charge on any atom is -0.497 e. The summed E-state index contributed by atoms with van der Waals surface area (Å²) in [6, 6.07) is 35.7. The van der Waals surface area contributed by atoms with Crippen molar-refractivity contribution in [1.29, 1.82) is 0 Å². The van der Waals surface area contributed by atoms with Gasteiger partial charge in [-0.25, -0.2) is 0 Å². The lowest BCUT2D eigenvalue weighted by Crippen LogP contribution is -2.23. The molecule has 0 bridgehead atoms. The average Bonchev–Trinajstić information content (AvgIpc) is 2.87. The first kappa shape index (κ1) is 22.8. The second kappa shape index (κ2) is 10.5. The molecule has 0 aliphatic carbocycles. The minimum absolute atomic E-state index is 0.376. The van der Waals surface area contributed by atoms with E-state index in [0.717, 1.165) is 33.3 Å². The predicted molar refractivity (Wildman–Crippen MR) is 140 cm³/mol. The minimum atomic E-state index is -2.93. The zero-order chi connectivity index (χ0) is 23.1. The van der Waals surface area contributed by atoms with Crippen LogP contribution in [0, 0.1) is 6.92 Å². The second-order valence-corrected chi connectivity index (χ2v) is 10.9. The molecule has 33 heavy (non-hydrogen) atoms. The number of ether oxygens (including phenoxy) is 1. The van der Waals surface area contributed by atoms with Crippen molar-refractivity contribution in [2.24, 2.45) is 4.99 Å². The zero-order valence-electron chi connectivity index (χ0n) is 19.0. The van der Waals surface area contributed by atoms with E-state index in [2.05, 4.69) is 31.2 Å². The van der Waals surface area contributed by atoms with Crippen LogP contribution >= 0.6 is 7.14 Å². The van der Waals surface area contributed by atoms with Gasteiger partial charge in [-0.15, -0.1) is 0 Å². The quantitative estimate of drug-likeness (QED) is 0.231. The fraction of sp³-hybridized carbons (Fsp3) is 0.138. The van der Waals surface area contributed by atoms with E-state index in [1.807, 2.05) is 84.9 Å². The third kappa shape index (κ3) is 5.69. The Bertz CT molecular complexity index is 1210. The van der Waals surface area contributed by atoms with E-state index in [-0.39, 0.29) is 0 Å². The standard InChI is InChI=1S/C29H28NO2P/c1-23-13-15-24(16-14-23)21-26(30-25-17-19-27(32-2)20-18-25)22-33(31,28-9-5-3-6-10-28)29-11-7-4-8-12-29/h3-20H,21-22H2,1-2H3. The highest BCUT2D eigenvalue weighted by molar-refractivity contribution is 7.79. The van der Waals surface area contributed by atoms with Crippen molar-refractivity contribution in [2.75, 3.05) is 13.3 Å². The molecule has 0 amide bonds. The number of benzene rings is 4. The molecule has 0 saturated heterocycles. The molecule has 0 aliphatic rings. The van der Waals surface area contributed by atoms with Crippen LogP contribution in [0.5, 0.6) is 5.75 Å². The van der Waals surface area contributed by atoms with Crippen molar-refractivity contribution < 1.29 is 9.30 Å². The van der Waals surface area contributed by atoms with Crippen molar-refractivity contribution in [2.45, 2.75) is 13.3 Å². The lowest BCUT2D eigenvalue weighted by molar-refractivity contribution is 0.415. The Labute approximate surface area is 196 Å². The van der Waals surface area contributed by atoms with Gasteiger partial charge in [0.2, 0.25) is 0 Å². The highest BCUT2D eigenvalue weighted by Crippen LogP contribution is 2.44. The molecule has 0 N–H and O–H groups in total. The van der Waals surface area contributed by atoms with Gasteiger partial charge < -0.3 is 9.30 Å². The van der Waals surface area contributed by atoms with Gasteiger partial charge in [0.25, 0.3) is 0 Å². The largest absolute Gasteiger partial charge is 0.497 e. The van der Waals surface area contributed by atoms with Crippen molar-refractivity contribution in [3.05, 3.63) is 120 Å². The molecule has 0 atom stereocenters. The Morgan fingerprint density at radius 3 is 1.82 bits per heavy atom. The highest BCUT2D eigenvalue weighted by Gasteiger charge is 2.29. The molecule has 3 nitrogen and oxygen atoms in total. The number of methoxy groups -OCH3 is 1. The molecular formula is C29H28NO2P. The molecule has 4 heteroatoms. The van der Waals surface area contributed by atoms with Crippen LogP contribution in [0.4, 0.5) is 5.69 Å². The summed E-state index contributed by atoms with van der Waals surface area (Å²) >= 11 is 0. The van der Waals surface area contributed by atoms with E-state index in [0.29, 0.717) is 12.6 Å². The first-order valence-corrected chi connectivity index (χ1v) is 12.9. The summed E-state index contributed by atoms with van der Waals surface area (Å²) in [6.07, 6.45) is 1.01. The van der Waals surface area contributed by atoms with Gasteiger partial charge in [0.05, 0.1) is 12.8 Å². The zero-order valence-corrected chi connectivity index (χ0v) is 19.9. The molecule has 0 radical (unpaired) electrons. The van der Waals surface area contributed by atoms with Gasteiger partial charge in [0.15, 0.2) is 0 Å². The number of hydrogen-bond donors (Lipinski definition) is 0. The maximum absolute atomic E-state index is 14.7. The molecule has 0 heterocycles. The Balaban J connectivity index is 1.77. The highest BCUT2D eigenvalue weighted by atomic mass is 31.2. The first-order valence-electron chi connectivity index (χ1n) is 11.0. The Morgan fingerprint density at radius 2 is 1.30 bits per heavy atom. The molecule has 0 fully saturated rings. The van der Waals surface area contributed by atoms with Gasteiger partial charge in [-0.2, -0.15) is 0 Å². The van der Waals surface area contributed by atoms with E-state index in [1.54, 1.807) is 7.11 Å². The van der Waals surface area contributed by atoms with Crippen molar-refractivity contribution in [3.8, 4) is 5.75 Å². The normalized spacial score (nSPS) is 11.9. The second-order valence-electron chi connectivity index (χ2n) is 8.11. The Morgan fingerprint density at radius 1 is 0.758 bits per heavy atom. The number of aryl methyl sites for hydroxylation is 1. The molecule has 4 rings (SSSR count). The first-order chi connectivity index (χ1) is 16.1. The van der Waals surface area contributed by atoms with Gasteiger partial charge in [-0.1, -0.05) is 90.5 Å². The summed E-state index contributed by atoms with van der Waals surface area (Å²) in [5, 5.41) is 1.70. The molecular weight excluding hydrogens is 425 g/mol. The summed E-state index contributed by atoms with van der Waals surface area (Å²) in [5.74, 6) is 0.785. The van der Waals surface area contributed by atoms with Gasteiger partial charge in [0.1, 0.15) is 12.9 Å². The average molecular weight is 454 g/mol. The van der Waals surface area contributed by atoms with Gasteiger partial charge in [-0.3, -0.25) is 4.99 Å². The van der Waals surface area contributed by atoms with Gasteiger partial charge in [-0.05, 0) is 36.8 Å². The SMILES string of the molecule is COc1ccc(N=C(Cc2ccc(C)cc2)CP(=O)(c2ccccc2)c2ccccc2)cc1. The molecule has 0 aliphatic heterocycles. The smallest absolute Gasteiger partial charge is 0.148 e. The Hall–Kier alpha value is -3.42. The lowest BCUT2D eigenvalue weighted by atomic mass is 10.1. The number of hydrogen-bond acceptors (Lipinski definition) is 3. The van der Waals surface area contributed by atoms with E-state index >= 15 is 0 Å². The molecule has 0 aromatic heterocycles.